The van der Waals surface area contributed by atoms with E-state index in [1.807, 2.05) is 54.6 Å². The SMILES string of the molecule is O=C(NCCNc1nc(-c2ccccc2)nc2ccccc12)c1ccc(C(F)(F)F)cc1. The van der Waals surface area contributed by atoms with Gasteiger partial charge >= 0.3 is 6.18 Å². The summed E-state index contributed by atoms with van der Waals surface area (Å²) in [4.78, 5) is 21.5. The molecule has 1 heterocycles. The van der Waals surface area contributed by atoms with Crippen LogP contribution in [0.2, 0.25) is 0 Å². The number of amides is 1. The minimum absolute atomic E-state index is 0.164. The van der Waals surface area contributed by atoms with E-state index >= 15 is 0 Å². The summed E-state index contributed by atoms with van der Waals surface area (Å²) in [6, 6.07) is 21.3. The van der Waals surface area contributed by atoms with Gasteiger partial charge in [0.25, 0.3) is 5.91 Å². The molecule has 4 aromatic rings. The van der Waals surface area contributed by atoms with Crippen molar-refractivity contribution in [2.75, 3.05) is 18.4 Å². The van der Waals surface area contributed by atoms with Gasteiger partial charge < -0.3 is 10.6 Å². The standard InChI is InChI=1S/C24H19F3N4O/c25-24(26,27)18-12-10-17(11-13-18)23(32)29-15-14-28-22-19-8-4-5-9-20(19)30-21(31-22)16-6-2-1-3-7-16/h1-13H,14-15H2,(H,29,32)(H,28,30,31). The summed E-state index contributed by atoms with van der Waals surface area (Å²) in [7, 11) is 0. The van der Waals surface area contributed by atoms with Crippen LogP contribution in [0.5, 0.6) is 0 Å². The number of nitrogens with zero attached hydrogens (tertiary/aromatic N) is 2. The Morgan fingerprint density at radius 1 is 0.812 bits per heavy atom. The molecule has 8 heteroatoms. The number of fused-ring (bicyclic) bond motifs is 1. The van der Waals surface area contributed by atoms with E-state index in [4.69, 9.17) is 0 Å². The van der Waals surface area contributed by atoms with E-state index in [0.29, 0.717) is 18.2 Å². The Balaban J connectivity index is 1.42. The van der Waals surface area contributed by atoms with Crippen LogP contribution >= 0.6 is 0 Å². The number of aromatic nitrogens is 2. The number of hydrogen-bond donors (Lipinski definition) is 2. The van der Waals surface area contributed by atoms with Crippen LogP contribution in [0, 0.1) is 0 Å². The average Bonchev–Trinajstić information content (AvgIpc) is 2.81. The highest BCUT2D eigenvalue weighted by Gasteiger charge is 2.30. The van der Waals surface area contributed by atoms with E-state index in [0.717, 1.165) is 40.7 Å². The van der Waals surface area contributed by atoms with E-state index in [2.05, 4.69) is 20.6 Å². The zero-order chi connectivity index (χ0) is 22.6. The highest BCUT2D eigenvalue weighted by Crippen LogP contribution is 2.29. The number of para-hydroxylation sites is 1. The van der Waals surface area contributed by atoms with Crippen LogP contribution in [0.1, 0.15) is 15.9 Å². The van der Waals surface area contributed by atoms with E-state index in [9.17, 15) is 18.0 Å². The highest BCUT2D eigenvalue weighted by atomic mass is 19.4. The van der Waals surface area contributed by atoms with Crippen LogP contribution in [0.4, 0.5) is 19.0 Å². The summed E-state index contributed by atoms with van der Waals surface area (Å²) in [6.45, 7) is 0.639. The Morgan fingerprint density at radius 2 is 1.50 bits per heavy atom. The Bertz CT molecular complexity index is 1230. The minimum atomic E-state index is -4.43. The molecule has 0 aliphatic heterocycles. The average molecular weight is 436 g/mol. The Kier molecular flexibility index (Phi) is 6.02. The second-order valence-corrected chi connectivity index (χ2v) is 7.04. The minimum Gasteiger partial charge on any atom is -0.368 e. The topological polar surface area (TPSA) is 66.9 Å². The first-order valence-electron chi connectivity index (χ1n) is 9.93. The van der Waals surface area contributed by atoms with Gasteiger partial charge in [0, 0.05) is 29.6 Å². The van der Waals surface area contributed by atoms with Crippen molar-refractivity contribution in [2.45, 2.75) is 6.18 Å². The summed E-state index contributed by atoms with van der Waals surface area (Å²) in [6.07, 6.45) is -4.43. The Morgan fingerprint density at radius 3 is 2.22 bits per heavy atom. The lowest BCUT2D eigenvalue weighted by Gasteiger charge is -2.12. The fraction of sp³-hybridized carbons (Fsp3) is 0.125. The van der Waals surface area contributed by atoms with Gasteiger partial charge in [-0.2, -0.15) is 13.2 Å². The number of nitrogens with one attached hydrogen (secondary N) is 2. The zero-order valence-electron chi connectivity index (χ0n) is 16.9. The number of alkyl halides is 3. The van der Waals surface area contributed by atoms with Gasteiger partial charge in [0.2, 0.25) is 0 Å². The molecule has 4 rings (SSSR count). The molecule has 0 unspecified atom stereocenters. The van der Waals surface area contributed by atoms with Crippen molar-refractivity contribution in [1.29, 1.82) is 0 Å². The maximum Gasteiger partial charge on any atom is 0.416 e. The lowest BCUT2D eigenvalue weighted by Crippen LogP contribution is -2.29. The molecule has 0 saturated carbocycles. The predicted molar refractivity (Wildman–Crippen MR) is 117 cm³/mol. The maximum absolute atomic E-state index is 12.7. The quantitative estimate of drug-likeness (QED) is 0.410. The van der Waals surface area contributed by atoms with Gasteiger partial charge in [0.1, 0.15) is 5.82 Å². The molecule has 32 heavy (non-hydrogen) atoms. The van der Waals surface area contributed by atoms with Crippen LogP contribution < -0.4 is 10.6 Å². The fourth-order valence-electron chi connectivity index (χ4n) is 3.20. The van der Waals surface area contributed by atoms with Crippen LogP contribution in [0.3, 0.4) is 0 Å². The molecule has 3 aromatic carbocycles. The fourth-order valence-corrected chi connectivity index (χ4v) is 3.20. The van der Waals surface area contributed by atoms with E-state index in [1.54, 1.807) is 0 Å². The van der Waals surface area contributed by atoms with Crippen molar-refractivity contribution in [2.24, 2.45) is 0 Å². The van der Waals surface area contributed by atoms with Crippen LogP contribution in [0.25, 0.3) is 22.3 Å². The first-order chi connectivity index (χ1) is 15.4. The molecule has 0 radical (unpaired) electrons. The number of carbonyl (C=O) groups is 1. The van der Waals surface area contributed by atoms with Gasteiger partial charge in [0.05, 0.1) is 11.1 Å². The molecule has 5 nitrogen and oxygen atoms in total. The lowest BCUT2D eigenvalue weighted by atomic mass is 10.1. The van der Waals surface area contributed by atoms with Crippen molar-refractivity contribution in [3.63, 3.8) is 0 Å². The predicted octanol–water partition coefficient (Wildman–Crippen LogP) is 5.16. The van der Waals surface area contributed by atoms with E-state index in [1.165, 1.54) is 0 Å². The van der Waals surface area contributed by atoms with E-state index in [-0.39, 0.29) is 12.1 Å². The molecular weight excluding hydrogens is 417 g/mol. The van der Waals surface area contributed by atoms with Crippen LogP contribution in [-0.2, 0) is 6.18 Å². The molecule has 1 aromatic heterocycles. The second-order valence-electron chi connectivity index (χ2n) is 7.04. The number of carbonyl (C=O) groups excluding carboxylic acids is 1. The zero-order valence-corrected chi connectivity index (χ0v) is 16.9. The molecule has 0 aliphatic rings. The molecular formula is C24H19F3N4O. The lowest BCUT2D eigenvalue weighted by molar-refractivity contribution is -0.137. The highest BCUT2D eigenvalue weighted by molar-refractivity contribution is 5.94. The molecule has 0 fully saturated rings. The molecule has 0 atom stereocenters. The normalized spacial score (nSPS) is 11.3. The van der Waals surface area contributed by atoms with Gasteiger partial charge in [-0.1, -0.05) is 42.5 Å². The van der Waals surface area contributed by atoms with Gasteiger partial charge in [-0.05, 0) is 36.4 Å². The van der Waals surface area contributed by atoms with Gasteiger partial charge in [-0.3, -0.25) is 4.79 Å². The van der Waals surface area contributed by atoms with Crippen molar-refractivity contribution in [3.05, 3.63) is 90.0 Å². The third-order valence-corrected chi connectivity index (χ3v) is 4.81. The molecule has 0 aliphatic carbocycles. The number of halogens is 3. The van der Waals surface area contributed by atoms with Crippen molar-refractivity contribution in [1.82, 2.24) is 15.3 Å². The smallest absolute Gasteiger partial charge is 0.368 e. The maximum atomic E-state index is 12.7. The summed E-state index contributed by atoms with van der Waals surface area (Å²) >= 11 is 0. The Hall–Kier alpha value is -3.94. The van der Waals surface area contributed by atoms with Crippen LogP contribution in [0.15, 0.2) is 78.9 Å². The molecule has 1 amide bonds. The molecule has 162 valence electrons. The van der Waals surface area contributed by atoms with Gasteiger partial charge in [-0.15, -0.1) is 0 Å². The van der Waals surface area contributed by atoms with Crippen LogP contribution in [-0.4, -0.2) is 29.0 Å². The van der Waals surface area contributed by atoms with Crippen molar-refractivity contribution < 1.29 is 18.0 Å². The third-order valence-electron chi connectivity index (χ3n) is 4.81. The molecule has 0 spiro atoms. The van der Waals surface area contributed by atoms with Gasteiger partial charge in [-0.25, -0.2) is 9.97 Å². The number of anilines is 1. The van der Waals surface area contributed by atoms with Gasteiger partial charge in [0.15, 0.2) is 5.82 Å². The first kappa shape index (κ1) is 21.3. The Labute approximate surface area is 182 Å². The monoisotopic (exact) mass is 436 g/mol. The van der Waals surface area contributed by atoms with E-state index < -0.39 is 17.6 Å². The number of benzene rings is 3. The summed E-state index contributed by atoms with van der Waals surface area (Å²) < 4.78 is 38.0. The number of hydrogen-bond acceptors (Lipinski definition) is 4. The summed E-state index contributed by atoms with van der Waals surface area (Å²) in [5.74, 6) is 0.775. The summed E-state index contributed by atoms with van der Waals surface area (Å²) in [5.41, 5.74) is 1.05. The second kappa shape index (κ2) is 9.05. The third kappa shape index (κ3) is 4.85. The van der Waals surface area contributed by atoms with Crippen molar-refractivity contribution in [3.8, 4) is 11.4 Å². The largest absolute Gasteiger partial charge is 0.416 e. The molecule has 0 bridgehead atoms. The molecule has 0 saturated heterocycles. The van der Waals surface area contributed by atoms with Crippen molar-refractivity contribution >= 4 is 22.6 Å². The first-order valence-corrected chi connectivity index (χ1v) is 9.93. The molecule has 2 N–H and O–H groups in total. The summed E-state index contributed by atoms with van der Waals surface area (Å²) in [5, 5.41) is 6.76. The number of rotatable bonds is 6.